The first kappa shape index (κ1) is 10.7. The Balaban J connectivity index is 1.92. The lowest BCUT2D eigenvalue weighted by atomic mass is 9.91. The number of ether oxygens (including phenoxy) is 1. The first-order valence-electron chi connectivity index (χ1n) is 5.91. The number of amides is 2. The third-order valence-electron chi connectivity index (χ3n) is 3.55. The first-order valence-corrected chi connectivity index (χ1v) is 5.91. The van der Waals surface area contributed by atoms with E-state index in [2.05, 4.69) is 12.2 Å². The van der Waals surface area contributed by atoms with E-state index in [1.165, 1.54) is 0 Å². The molecule has 86 valence electrons. The van der Waals surface area contributed by atoms with Crippen LogP contribution in [-0.4, -0.2) is 43.3 Å². The van der Waals surface area contributed by atoms with Crippen LogP contribution in [0.1, 0.15) is 26.2 Å². The van der Waals surface area contributed by atoms with Gasteiger partial charge in [0.1, 0.15) is 0 Å². The van der Waals surface area contributed by atoms with E-state index in [1.807, 2.05) is 4.90 Å². The van der Waals surface area contributed by atoms with Crippen molar-refractivity contribution in [2.24, 2.45) is 5.92 Å². The van der Waals surface area contributed by atoms with Crippen molar-refractivity contribution < 1.29 is 9.53 Å². The van der Waals surface area contributed by atoms with Gasteiger partial charge in [0.15, 0.2) is 0 Å². The SMILES string of the molecule is CC(C1CCOCC1)N1CCCNC1=O. The predicted molar refractivity (Wildman–Crippen MR) is 57.7 cm³/mol. The number of nitrogens with one attached hydrogen (secondary N) is 1. The number of rotatable bonds is 2. The van der Waals surface area contributed by atoms with E-state index in [0.717, 1.165) is 45.6 Å². The molecule has 4 heteroatoms. The topological polar surface area (TPSA) is 41.6 Å². The van der Waals surface area contributed by atoms with Gasteiger partial charge in [0, 0.05) is 32.3 Å². The maximum Gasteiger partial charge on any atom is 0.317 e. The zero-order valence-corrected chi connectivity index (χ0v) is 9.37. The summed E-state index contributed by atoms with van der Waals surface area (Å²) >= 11 is 0. The van der Waals surface area contributed by atoms with E-state index in [4.69, 9.17) is 4.74 Å². The number of hydrogen-bond donors (Lipinski definition) is 1. The summed E-state index contributed by atoms with van der Waals surface area (Å²) in [5, 5.41) is 2.91. The maximum absolute atomic E-state index is 11.7. The summed E-state index contributed by atoms with van der Waals surface area (Å²) in [6.07, 6.45) is 3.25. The Bertz CT molecular complexity index is 227. The second-order valence-corrected chi connectivity index (χ2v) is 4.47. The largest absolute Gasteiger partial charge is 0.381 e. The van der Waals surface area contributed by atoms with Crippen LogP contribution in [0.2, 0.25) is 0 Å². The van der Waals surface area contributed by atoms with Crippen molar-refractivity contribution in [1.82, 2.24) is 10.2 Å². The van der Waals surface area contributed by atoms with Crippen LogP contribution < -0.4 is 5.32 Å². The van der Waals surface area contributed by atoms with E-state index in [0.29, 0.717) is 12.0 Å². The third-order valence-corrected chi connectivity index (χ3v) is 3.55. The van der Waals surface area contributed by atoms with Gasteiger partial charge in [0.05, 0.1) is 0 Å². The van der Waals surface area contributed by atoms with Crippen LogP contribution in [0.5, 0.6) is 0 Å². The number of carbonyl (C=O) groups is 1. The molecular formula is C11H20N2O2. The summed E-state index contributed by atoms with van der Waals surface area (Å²) < 4.78 is 5.34. The molecule has 0 aromatic rings. The van der Waals surface area contributed by atoms with Crippen molar-refractivity contribution in [2.75, 3.05) is 26.3 Å². The molecule has 2 aliphatic rings. The molecule has 4 nitrogen and oxygen atoms in total. The van der Waals surface area contributed by atoms with Gasteiger partial charge in [-0.2, -0.15) is 0 Å². The maximum atomic E-state index is 11.7. The Morgan fingerprint density at radius 2 is 2.20 bits per heavy atom. The molecule has 2 aliphatic heterocycles. The minimum atomic E-state index is 0.111. The van der Waals surface area contributed by atoms with Crippen molar-refractivity contribution in [3.63, 3.8) is 0 Å². The van der Waals surface area contributed by atoms with Gasteiger partial charge in [-0.05, 0) is 32.1 Å². The number of carbonyl (C=O) groups excluding carboxylic acids is 1. The summed E-state index contributed by atoms with van der Waals surface area (Å²) in [5.74, 6) is 0.614. The normalized spacial score (nSPS) is 26.2. The summed E-state index contributed by atoms with van der Waals surface area (Å²) in [6.45, 7) is 5.61. The zero-order chi connectivity index (χ0) is 10.7. The number of urea groups is 1. The van der Waals surface area contributed by atoms with Gasteiger partial charge in [0.25, 0.3) is 0 Å². The number of nitrogens with zero attached hydrogens (tertiary/aromatic N) is 1. The van der Waals surface area contributed by atoms with Gasteiger partial charge in [-0.15, -0.1) is 0 Å². The average molecular weight is 212 g/mol. The van der Waals surface area contributed by atoms with Crippen molar-refractivity contribution in [1.29, 1.82) is 0 Å². The second kappa shape index (κ2) is 4.84. The van der Waals surface area contributed by atoms with E-state index < -0.39 is 0 Å². The molecule has 0 spiro atoms. The van der Waals surface area contributed by atoms with Gasteiger partial charge >= 0.3 is 6.03 Å². The van der Waals surface area contributed by atoms with Gasteiger partial charge in [0.2, 0.25) is 0 Å². The van der Waals surface area contributed by atoms with E-state index in [1.54, 1.807) is 0 Å². The van der Waals surface area contributed by atoms with Crippen molar-refractivity contribution in [2.45, 2.75) is 32.2 Å². The van der Waals surface area contributed by atoms with Crippen LogP contribution in [0.25, 0.3) is 0 Å². The highest BCUT2D eigenvalue weighted by Gasteiger charge is 2.29. The third kappa shape index (κ3) is 2.43. The van der Waals surface area contributed by atoms with Crippen LogP contribution in [0.15, 0.2) is 0 Å². The lowest BCUT2D eigenvalue weighted by Crippen LogP contribution is -2.53. The zero-order valence-electron chi connectivity index (χ0n) is 9.37. The first-order chi connectivity index (χ1) is 7.29. The van der Waals surface area contributed by atoms with E-state index >= 15 is 0 Å². The average Bonchev–Trinajstić information content (AvgIpc) is 2.30. The van der Waals surface area contributed by atoms with Crippen LogP contribution in [0, 0.1) is 5.92 Å². The summed E-state index contributed by atoms with van der Waals surface area (Å²) in [6, 6.07) is 0.467. The molecule has 1 N–H and O–H groups in total. The summed E-state index contributed by atoms with van der Waals surface area (Å²) in [5.41, 5.74) is 0. The Hall–Kier alpha value is -0.770. The lowest BCUT2D eigenvalue weighted by Gasteiger charge is -2.38. The van der Waals surface area contributed by atoms with Gasteiger partial charge < -0.3 is 15.0 Å². The minimum absolute atomic E-state index is 0.111. The molecule has 2 fully saturated rings. The van der Waals surface area contributed by atoms with Crippen LogP contribution in [0.4, 0.5) is 4.79 Å². The van der Waals surface area contributed by atoms with Gasteiger partial charge in [-0.1, -0.05) is 0 Å². The van der Waals surface area contributed by atoms with Gasteiger partial charge in [-0.3, -0.25) is 0 Å². The van der Waals surface area contributed by atoms with Crippen LogP contribution in [-0.2, 0) is 4.74 Å². The smallest absolute Gasteiger partial charge is 0.317 e. The standard InChI is InChI=1S/C11H20N2O2/c1-9(10-3-7-15-8-4-10)13-6-2-5-12-11(13)14/h9-10H,2-8H2,1H3,(H,12,14). The van der Waals surface area contributed by atoms with Crippen molar-refractivity contribution >= 4 is 6.03 Å². The molecule has 0 saturated carbocycles. The molecule has 0 aliphatic carbocycles. The highest BCUT2D eigenvalue weighted by Crippen LogP contribution is 2.23. The molecule has 2 rings (SSSR count). The van der Waals surface area contributed by atoms with E-state index in [9.17, 15) is 4.79 Å². The molecule has 1 unspecified atom stereocenters. The fraction of sp³-hybridized carbons (Fsp3) is 0.909. The number of hydrogen-bond acceptors (Lipinski definition) is 2. The molecule has 0 bridgehead atoms. The van der Waals surface area contributed by atoms with Gasteiger partial charge in [-0.25, -0.2) is 4.79 Å². The quantitative estimate of drug-likeness (QED) is 0.747. The van der Waals surface area contributed by atoms with Crippen LogP contribution >= 0.6 is 0 Å². The second-order valence-electron chi connectivity index (χ2n) is 4.47. The Kier molecular flexibility index (Phi) is 3.46. The minimum Gasteiger partial charge on any atom is -0.381 e. The Morgan fingerprint density at radius 3 is 2.87 bits per heavy atom. The van der Waals surface area contributed by atoms with E-state index in [-0.39, 0.29) is 6.03 Å². The molecule has 2 amide bonds. The monoisotopic (exact) mass is 212 g/mol. The fourth-order valence-electron chi connectivity index (χ4n) is 2.49. The Morgan fingerprint density at radius 1 is 1.47 bits per heavy atom. The van der Waals surface area contributed by atoms with Crippen molar-refractivity contribution in [3.05, 3.63) is 0 Å². The molecule has 0 aromatic carbocycles. The molecule has 2 heterocycles. The van der Waals surface area contributed by atoms with Crippen LogP contribution in [0.3, 0.4) is 0 Å². The molecular weight excluding hydrogens is 192 g/mol. The predicted octanol–water partition coefficient (Wildman–Crippen LogP) is 1.22. The lowest BCUT2D eigenvalue weighted by molar-refractivity contribution is 0.0359. The molecule has 0 aromatic heterocycles. The molecule has 0 radical (unpaired) electrons. The van der Waals surface area contributed by atoms with Crippen molar-refractivity contribution in [3.8, 4) is 0 Å². The highest BCUT2D eigenvalue weighted by molar-refractivity contribution is 5.75. The molecule has 2 saturated heterocycles. The summed E-state index contributed by atoms with van der Waals surface area (Å²) in [7, 11) is 0. The molecule has 15 heavy (non-hydrogen) atoms. The Labute approximate surface area is 91.0 Å². The summed E-state index contributed by atoms with van der Waals surface area (Å²) in [4.78, 5) is 13.6. The molecule has 1 atom stereocenters. The fourth-order valence-corrected chi connectivity index (χ4v) is 2.49. The highest BCUT2D eigenvalue weighted by atomic mass is 16.5.